The molecule has 8 nitrogen and oxygen atoms in total. The number of benzene rings is 1. The van der Waals surface area contributed by atoms with Crippen molar-refractivity contribution in [2.24, 2.45) is 5.92 Å². The number of likely N-dealkylation sites (tertiary alicyclic amines) is 1. The van der Waals surface area contributed by atoms with Crippen LogP contribution in [0.5, 0.6) is 0 Å². The van der Waals surface area contributed by atoms with Gasteiger partial charge in [-0.2, -0.15) is 5.21 Å². The summed E-state index contributed by atoms with van der Waals surface area (Å²) in [7, 11) is 0. The number of aromatic amines is 1. The van der Waals surface area contributed by atoms with E-state index in [4.69, 9.17) is 11.6 Å². The highest BCUT2D eigenvalue weighted by Gasteiger charge is 2.37. The minimum Gasteiger partial charge on any atom is -0.343 e. The summed E-state index contributed by atoms with van der Waals surface area (Å²) in [5.41, 5.74) is 3.47. The second-order valence-electron chi connectivity index (χ2n) is 9.40. The zero-order chi connectivity index (χ0) is 23.1. The van der Waals surface area contributed by atoms with Gasteiger partial charge in [0.1, 0.15) is 0 Å². The fraction of sp³-hybridized carbons (Fsp3) is 0.400. The highest BCUT2D eigenvalue weighted by atomic mass is 35.5. The average molecular weight is 476 g/mol. The van der Waals surface area contributed by atoms with E-state index in [1.165, 1.54) is 10.9 Å². The Morgan fingerprint density at radius 1 is 1.12 bits per heavy atom. The lowest BCUT2D eigenvalue weighted by atomic mass is 9.89. The normalized spacial score (nSPS) is 17.9. The van der Waals surface area contributed by atoms with Gasteiger partial charge < -0.3 is 9.47 Å². The number of tetrazole rings is 1. The third-order valence-corrected chi connectivity index (χ3v) is 7.56. The van der Waals surface area contributed by atoms with Crippen LogP contribution in [0.2, 0.25) is 5.02 Å². The predicted molar refractivity (Wildman–Crippen MR) is 129 cm³/mol. The largest absolute Gasteiger partial charge is 0.343 e. The first-order valence-corrected chi connectivity index (χ1v) is 12.3. The number of aromatic nitrogens is 6. The Morgan fingerprint density at radius 2 is 1.91 bits per heavy atom. The number of nitrogens with zero attached hydrogens (tertiary/aromatic N) is 6. The highest BCUT2D eigenvalue weighted by Crippen LogP contribution is 2.44. The number of carbonyl (C=O) groups is 1. The number of piperidine rings is 1. The Balaban J connectivity index is 1.18. The smallest absolute Gasteiger partial charge is 0.223 e. The van der Waals surface area contributed by atoms with Gasteiger partial charge in [0, 0.05) is 53.9 Å². The van der Waals surface area contributed by atoms with Crippen LogP contribution in [0.4, 0.5) is 0 Å². The number of fused-ring (bicyclic) bond motifs is 1. The topological polar surface area (TPSA) is 92.6 Å². The molecule has 1 atom stereocenters. The molecule has 1 aliphatic heterocycles. The van der Waals surface area contributed by atoms with Crippen LogP contribution >= 0.6 is 11.6 Å². The quantitative estimate of drug-likeness (QED) is 0.443. The van der Waals surface area contributed by atoms with Crippen molar-refractivity contribution in [3.8, 4) is 5.69 Å². The molecular formula is C25H26ClN7O. The first-order valence-electron chi connectivity index (χ1n) is 11.9. The summed E-state index contributed by atoms with van der Waals surface area (Å²) in [6.07, 6.45) is 10.7. The van der Waals surface area contributed by atoms with Gasteiger partial charge in [0.25, 0.3) is 0 Å². The lowest BCUT2D eigenvalue weighted by Crippen LogP contribution is -2.38. The molecule has 0 spiro atoms. The molecule has 1 aromatic carbocycles. The van der Waals surface area contributed by atoms with E-state index in [0.29, 0.717) is 24.1 Å². The van der Waals surface area contributed by atoms with Crippen molar-refractivity contribution in [3.05, 3.63) is 65.3 Å². The van der Waals surface area contributed by atoms with Crippen molar-refractivity contribution in [2.75, 3.05) is 13.1 Å². The zero-order valence-corrected chi connectivity index (χ0v) is 19.5. The summed E-state index contributed by atoms with van der Waals surface area (Å²) in [5.74, 6) is 1.86. The van der Waals surface area contributed by atoms with Gasteiger partial charge in [0.2, 0.25) is 5.91 Å². The number of carbonyl (C=O) groups excluding carboxylic acids is 1. The van der Waals surface area contributed by atoms with Crippen LogP contribution in [0.15, 0.2) is 48.9 Å². The van der Waals surface area contributed by atoms with E-state index >= 15 is 0 Å². The number of amides is 1. The molecule has 9 heteroatoms. The number of H-pyrrole nitrogens is 1. The SMILES string of the molecule is O=C(CC(c1nn[nH]n1)C1CC1)N1CCC(c2cn(-c3ccc(Cl)cc3)c3cnccc23)CC1. The molecule has 1 aliphatic carbocycles. The molecule has 1 N–H and O–H groups in total. The maximum atomic E-state index is 13.1. The van der Waals surface area contributed by atoms with Crippen LogP contribution in [0, 0.1) is 5.92 Å². The Morgan fingerprint density at radius 3 is 2.62 bits per heavy atom. The number of pyridine rings is 1. The van der Waals surface area contributed by atoms with E-state index in [2.05, 4.69) is 42.4 Å². The molecule has 174 valence electrons. The van der Waals surface area contributed by atoms with Crippen LogP contribution in [-0.2, 0) is 4.79 Å². The molecule has 0 bridgehead atoms. The third kappa shape index (κ3) is 4.07. The van der Waals surface area contributed by atoms with Crippen LogP contribution < -0.4 is 0 Å². The second kappa shape index (κ2) is 8.83. The standard InChI is InChI=1S/C25H26ClN7O/c26-18-3-5-19(6-4-18)33-15-22(20-7-10-27-14-23(20)33)17-8-11-32(12-9-17)24(34)13-21(16-1-2-16)25-28-30-31-29-25/h3-7,10,14-17,21H,1-2,8-9,11-13H2,(H,28,29,30,31). The fourth-order valence-electron chi connectivity index (χ4n) is 5.29. The number of rotatable bonds is 6. The van der Waals surface area contributed by atoms with Crippen LogP contribution in [0.3, 0.4) is 0 Å². The maximum absolute atomic E-state index is 13.1. The van der Waals surface area contributed by atoms with E-state index in [9.17, 15) is 4.79 Å². The van der Waals surface area contributed by atoms with Gasteiger partial charge in [0.15, 0.2) is 5.82 Å². The maximum Gasteiger partial charge on any atom is 0.223 e. The summed E-state index contributed by atoms with van der Waals surface area (Å²) in [5, 5.41) is 16.5. The van der Waals surface area contributed by atoms with Crippen molar-refractivity contribution in [1.29, 1.82) is 0 Å². The first-order chi connectivity index (χ1) is 16.7. The monoisotopic (exact) mass is 475 g/mol. The lowest BCUT2D eigenvalue weighted by Gasteiger charge is -2.32. The Bertz CT molecular complexity index is 1290. The molecule has 4 heterocycles. The number of hydrogen-bond acceptors (Lipinski definition) is 5. The average Bonchev–Trinajstić information content (AvgIpc) is 3.42. The molecule has 4 aromatic rings. The number of hydrogen-bond donors (Lipinski definition) is 1. The molecule has 1 amide bonds. The van der Waals surface area contributed by atoms with Gasteiger partial charge in [-0.3, -0.25) is 9.78 Å². The molecular weight excluding hydrogens is 450 g/mol. The van der Waals surface area contributed by atoms with Gasteiger partial charge >= 0.3 is 0 Å². The van der Waals surface area contributed by atoms with Crippen LogP contribution in [0.25, 0.3) is 16.6 Å². The Hall–Kier alpha value is -3.26. The van der Waals surface area contributed by atoms with Gasteiger partial charge in [-0.15, -0.1) is 10.2 Å². The fourth-order valence-corrected chi connectivity index (χ4v) is 5.42. The molecule has 34 heavy (non-hydrogen) atoms. The van der Waals surface area contributed by atoms with Crippen molar-refractivity contribution in [2.45, 2.75) is 43.9 Å². The molecule has 3 aromatic heterocycles. The molecule has 6 rings (SSSR count). The predicted octanol–water partition coefficient (Wildman–Crippen LogP) is 4.48. The van der Waals surface area contributed by atoms with Gasteiger partial charge in [0.05, 0.1) is 11.7 Å². The van der Waals surface area contributed by atoms with E-state index < -0.39 is 0 Å². The van der Waals surface area contributed by atoms with Crippen LogP contribution in [-0.4, -0.2) is 54.1 Å². The van der Waals surface area contributed by atoms with E-state index in [0.717, 1.165) is 55.0 Å². The molecule has 0 radical (unpaired) electrons. The van der Waals surface area contributed by atoms with Crippen molar-refractivity contribution >= 4 is 28.4 Å². The molecule has 2 aliphatic rings. The van der Waals surface area contributed by atoms with E-state index in [1.807, 2.05) is 41.6 Å². The first kappa shape index (κ1) is 21.3. The lowest BCUT2D eigenvalue weighted by molar-refractivity contribution is -0.132. The molecule has 1 saturated carbocycles. The minimum absolute atomic E-state index is 0.0776. The Kier molecular flexibility index (Phi) is 5.53. The van der Waals surface area contributed by atoms with Crippen molar-refractivity contribution in [3.63, 3.8) is 0 Å². The minimum atomic E-state index is 0.0776. The number of nitrogens with one attached hydrogen (secondary N) is 1. The third-order valence-electron chi connectivity index (χ3n) is 7.31. The van der Waals surface area contributed by atoms with E-state index in [1.54, 1.807) is 0 Å². The summed E-state index contributed by atoms with van der Waals surface area (Å²) in [4.78, 5) is 19.5. The highest BCUT2D eigenvalue weighted by molar-refractivity contribution is 6.30. The van der Waals surface area contributed by atoms with Gasteiger partial charge in [-0.05, 0) is 73.4 Å². The van der Waals surface area contributed by atoms with Crippen LogP contribution in [0.1, 0.15) is 55.3 Å². The second-order valence-corrected chi connectivity index (χ2v) is 9.83. The summed E-state index contributed by atoms with van der Waals surface area (Å²) in [6.45, 7) is 1.54. The molecule has 2 fully saturated rings. The van der Waals surface area contributed by atoms with Gasteiger partial charge in [-0.1, -0.05) is 16.8 Å². The van der Waals surface area contributed by atoms with Gasteiger partial charge in [-0.25, -0.2) is 0 Å². The van der Waals surface area contributed by atoms with E-state index in [-0.39, 0.29) is 11.8 Å². The van der Waals surface area contributed by atoms with Crippen molar-refractivity contribution in [1.82, 2.24) is 35.1 Å². The molecule has 1 saturated heterocycles. The Labute approximate surface area is 202 Å². The van der Waals surface area contributed by atoms with Crippen molar-refractivity contribution < 1.29 is 4.79 Å². The summed E-state index contributed by atoms with van der Waals surface area (Å²) < 4.78 is 2.19. The summed E-state index contributed by atoms with van der Waals surface area (Å²) >= 11 is 6.10. The molecule has 1 unspecified atom stereocenters. The summed E-state index contributed by atoms with van der Waals surface area (Å²) in [6, 6.07) is 9.97. The zero-order valence-electron chi connectivity index (χ0n) is 18.8. The number of halogens is 1.